The molecule has 0 radical (unpaired) electrons. The molecule has 0 amide bonds. The summed E-state index contributed by atoms with van der Waals surface area (Å²) in [6.07, 6.45) is 3.27. The van der Waals surface area contributed by atoms with Gasteiger partial charge in [-0.2, -0.15) is 16.9 Å². The highest BCUT2D eigenvalue weighted by Gasteiger charge is 2.12. The number of hydrogen-bond donors (Lipinski definition) is 1. The van der Waals surface area contributed by atoms with E-state index in [0.29, 0.717) is 19.0 Å². The Balaban J connectivity index is 1.69. The molecule has 2 N–H and O–H groups in total. The number of thioether (sulfide) groups is 1. The fourth-order valence-corrected chi connectivity index (χ4v) is 3.32. The molecule has 6 nitrogen and oxygen atoms in total. The fourth-order valence-electron chi connectivity index (χ4n) is 2.41. The minimum Gasteiger partial charge on any atom is -0.370 e. The van der Waals surface area contributed by atoms with Gasteiger partial charge in [0.1, 0.15) is 12.7 Å². The molecule has 1 aliphatic heterocycles. The Hall–Kier alpha value is -2.02. The van der Waals surface area contributed by atoms with Gasteiger partial charge in [0.15, 0.2) is 5.96 Å². The Kier molecular flexibility index (Phi) is 4.95. The van der Waals surface area contributed by atoms with Crippen LogP contribution in [0.4, 0.5) is 0 Å². The maximum Gasteiger partial charge on any atom is 0.191 e. The van der Waals surface area contributed by atoms with Gasteiger partial charge in [-0.1, -0.05) is 24.3 Å². The van der Waals surface area contributed by atoms with Gasteiger partial charge in [-0.15, -0.1) is 0 Å². The second kappa shape index (κ2) is 7.31. The summed E-state index contributed by atoms with van der Waals surface area (Å²) >= 11 is 1.97. The quantitative estimate of drug-likeness (QED) is 0.677. The summed E-state index contributed by atoms with van der Waals surface area (Å²) in [5.41, 5.74) is 8.49. The lowest BCUT2D eigenvalue weighted by molar-refractivity contribution is 0.455. The molecule has 3 rings (SSSR count). The van der Waals surface area contributed by atoms with Crippen molar-refractivity contribution >= 4 is 17.7 Å². The molecule has 22 heavy (non-hydrogen) atoms. The van der Waals surface area contributed by atoms with E-state index in [9.17, 15) is 0 Å². The number of nitrogens with two attached hydrogens (primary N) is 1. The molecule has 1 aliphatic rings. The van der Waals surface area contributed by atoms with Gasteiger partial charge < -0.3 is 10.6 Å². The first-order valence-electron chi connectivity index (χ1n) is 7.35. The third-order valence-electron chi connectivity index (χ3n) is 3.66. The zero-order valence-corrected chi connectivity index (χ0v) is 13.2. The Morgan fingerprint density at radius 2 is 2.00 bits per heavy atom. The molecular weight excluding hydrogens is 296 g/mol. The SMILES string of the molecule is NC(=NCc1ccccc1Cn1cncn1)N1CCSCC1. The van der Waals surface area contributed by atoms with E-state index in [1.807, 2.05) is 28.6 Å². The molecule has 1 saturated heterocycles. The smallest absolute Gasteiger partial charge is 0.191 e. The van der Waals surface area contributed by atoms with Crippen LogP contribution in [0, 0.1) is 0 Å². The van der Waals surface area contributed by atoms with Crippen LogP contribution in [-0.2, 0) is 13.1 Å². The molecular formula is C15H20N6S. The standard InChI is InChI=1S/C15H20N6S/c16-15(20-5-7-22-8-6-20)18-9-13-3-1-2-4-14(13)10-21-12-17-11-19-21/h1-4,11-12H,5-10H2,(H2,16,18). The van der Waals surface area contributed by atoms with Crippen LogP contribution in [0.3, 0.4) is 0 Å². The molecule has 1 aromatic heterocycles. The highest BCUT2D eigenvalue weighted by Crippen LogP contribution is 2.13. The number of aromatic nitrogens is 3. The van der Waals surface area contributed by atoms with E-state index in [0.717, 1.165) is 24.6 Å². The van der Waals surface area contributed by atoms with Crippen LogP contribution in [0.5, 0.6) is 0 Å². The molecule has 1 fully saturated rings. The van der Waals surface area contributed by atoms with E-state index in [-0.39, 0.29) is 0 Å². The second-order valence-corrected chi connectivity index (χ2v) is 6.36. The van der Waals surface area contributed by atoms with Crippen LogP contribution < -0.4 is 5.73 Å². The van der Waals surface area contributed by atoms with Gasteiger partial charge in [-0.3, -0.25) is 0 Å². The zero-order chi connectivity index (χ0) is 15.2. The van der Waals surface area contributed by atoms with Crippen LogP contribution in [0.2, 0.25) is 0 Å². The number of aliphatic imine (C=N–C) groups is 1. The summed E-state index contributed by atoms with van der Waals surface area (Å²) in [4.78, 5) is 10.7. The highest BCUT2D eigenvalue weighted by atomic mass is 32.2. The van der Waals surface area contributed by atoms with Crippen molar-refractivity contribution in [3.8, 4) is 0 Å². The first-order valence-corrected chi connectivity index (χ1v) is 8.50. The lowest BCUT2D eigenvalue weighted by Crippen LogP contribution is -2.42. The molecule has 2 aromatic rings. The maximum absolute atomic E-state index is 6.12. The summed E-state index contributed by atoms with van der Waals surface area (Å²) in [6, 6.07) is 8.25. The maximum atomic E-state index is 6.12. The largest absolute Gasteiger partial charge is 0.370 e. The lowest BCUT2D eigenvalue weighted by Gasteiger charge is -2.27. The molecule has 0 atom stereocenters. The summed E-state index contributed by atoms with van der Waals surface area (Å²) in [5.74, 6) is 2.90. The Morgan fingerprint density at radius 1 is 1.23 bits per heavy atom. The monoisotopic (exact) mass is 316 g/mol. The summed E-state index contributed by atoms with van der Waals surface area (Å²) in [7, 11) is 0. The topological polar surface area (TPSA) is 72.3 Å². The third kappa shape index (κ3) is 3.79. The first kappa shape index (κ1) is 14.9. The van der Waals surface area contributed by atoms with Gasteiger partial charge >= 0.3 is 0 Å². The van der Waals surface area contributed by atoms with E-state index in [2.05, 4.69) is 32.1 Å². The van der Waals surface area contributed by atoms with E-state index in [4.69, 9.17) is 5.73 Å². The Bertz CT molecular complexity index is 619. The molecule has 7 heteroatoms. The lowest BCUT2D eigenvalue weighted by atomic mass is 10.1. The van der Waals surface area contributed by atoms with Crippen LogP contribution in [0.25, 0.3) is 0 Å². The van der Waals surface area contributed by atoms with Crippen LogP contribution in [-0.4, -0.2) is 50.2 Å². The van der Waals surface area contributed by atoms with E-state index in [1.165, 1.54) is 11.1 Å². The number of nitrogens with zero attached hydrogens (tertiary/aromatic N) is 5. The Labute approximate surface area is 134 Å². The van der Waals surface area contributed by atoms with E-state index >= 15 is 0 Å². The molecule has 0 bridgehead atoms. The van der Waals surface area contributed by atoms with Gasteiger partial charge in [0.25, 0.3) is 0 Å². The van der Waals surface area contributed by atoms with Gasteiger partial charge in [-0.05, 0) is 11.1 Å². The molecule has 0 aliphatic carbocycles. The number of rotatable bonds is 4. The van der Waals surface area contributed by atoms with Crippen molar-refractivity contribution < 1.29 is 0 Å². The molecule has 0 saturated carbocycles. The summed E-state index contributed by atoms with van der Waals surface area (Å²) < 4.78 is 1.81. The van der Waals surface area contributed by atoms with Crippen molar-refractivity contribution in [2.75, 3.05) is 24.6 Å². The van der Waals surface area contributed by atoms with Crippen molar-refractivity contribution in [1.29, 1.82) is 0 Å². The van der Waals surface area contributed by atoms with Crippen LogP contribution >= 0.6 is 11.8 Å². The van der Waals surface area contributed by atoms with Crippen molar-refractivity contribution in [2.45, 2.75) is 13.1 Å². The predicted molar refractivity (Wildman–Crippen MR) is 89.8 cm³/mol. The molecule has 116 valence electrons. The predicted octanol–water partition coefficient (Wildman–Crippen LogP) is 1.19. The summed E-state index contributed by atoms with van der Waals surface area (Å²) in [6.45, 7) is 3.27. The van der Waals surface area contributed by atoms with Crippen molar-refractivity contribution in [1.82, 2.24) is 19.7 Å². The Morgan fingerprint density at radius 3 is 2.73 bits per heavy atom. The second-order valence-electron chi connectivity index (χ2n) is 5.14. The van der Waals surface area contributed by atoms with E-state index in [1.54, 1.807) is 12.7 Å². The normalized spacial score (nSPS) is 16.0. The molecule has 2 heterocycles. The summed E-state index contributed by atoms with van der Waals surface area (Å²) in [5, 5.41) is 4.16. The minimum absolute atomic E-state index is 0.598. The fraction of sp³-hybridized carbons (Fsp3) is 0.400. The average molecular weight is 316 g/mol. The first-order chi connectivity index (χ1) is 10.8. The third-order valence-corrected chi connectivity index (χ3v) is 4.61. The molecule has 1 aromatic carbocycles. The van der Waals surface area contributed by atoms with Gasteiger partial charge in [0, 0.05) is 24.6 Å². The van der Waals surface area contributed by atoms with Crippen molar-refractivity contribution in [2.24, 2.45) is 10.7 Å². The van der Waals surface area contributed by atoms with Crippen LogP contribution in [0.1, 0.15) is 11.1 Å². The van der Waals surface area contributed by atoms with Crippen molar-refractivity contribution in [3.05, 3.63) is 48.0 Å². The number of hydrogen-bond acceptors (Lipinski definition) is 4. The average Bonchev–Trinajstić information content (AvgIpc) is 3.07. The molecule has 0 spiro atoms. The van der Waals surface area contributed by atoms with Gasteiger partial charge in [0.05, 0.1) is 13.1 Å². The van der Waals surface area contributed by atoms with Gasteiger partial charge in [0.2, 0.25) is 0 Å². The van der Waals surface area contributed by atoms with E-state index < -0.39 is 0 Å². The number of guanidine groups is 1. The molecule has 0 unspecified atom stereocenters. The highest BCUT2D eigenvalue weighted by molar-refractivity contribution is 7.99. The zero-order valence-electron chi connectivity index (χ0n) is 12.4. The number of benzene rings is 1. The van der Waals surface area contributed by atoms with Gasteiger partial charge in [-0.25, -0.2) is 14.7 Å². The minimum atomic E-state index is 0.598. The van der Waals surface area contributed by atoms with Crippen molar-refractivity contribution in [3.63, 3.8) is 0 Å². The van der Waals surface area contributed by atoms with Crippen LogP contribution in [0.15, 0.2) is 41.9 Å².